The van der Waals surface area contributed by atoms with E-state index in [0.29, 0.717) is 0 Å². The Morgan fingerprint density at radius 2 is 1.90 bits per heavy atom. The number of halogens is 1. The lowest BCUT2D eigenvalue weighted by atomic mass is 10.1. The Morgan fingerprint density at radius 3 is 2.43 bits per heavy atom. The fourth-order valence-electron chi connectivity index (χ4n) is 1.65. The number of sulfonamides is 1. The molecule has 0 aliphatic rings. The Kier molecular flexibility index (Phi) is 4.95. The smallest absolute Gasteiger partial charge is 0.241 e. The van der Waals surface area contributed by atoms with Gasteiger partial charge in [-0.3, -0.25) is 4.79 Å². The van der Waals surface area contributed by atoms with Crippen molar-refractivity contribution in [2.45, 2.75) is 38.1 Å². The van der Waals surface area contributed by atoms with Crippen molar-refractivity contribution in [1.82, 2.24) is 10.0 Å². The van der Waals surface area contributed by atoms with Crippen molar-refractivity contribution in [2.75, 3.05) is 12.3 Å². The van der Waals surface area contributed by atoms with Gasteiger partial charge in [-0.05, 0) is 39.8 Å². The molecule has 8 heteroatoms. The Labute approximate surface area is 124 Å². The summed E-state index contributed by atoms with van der Waals surface area (Å²) in [6.45, 7) is 6.22. The number of rotatable bonds is 4. The lowest BCUT2D eigenvalue weighted by Crippen LogP contribution is -2.45. The number of carbonyl (C=O) groups excluding carboxylic acids is 1. The van der Waals surface area contributed by atoms with E-state index < -0.39 is 33.8 Å². The van der Waals surface area contributed by atoms with Gasteiger partial charge in [0.05, 0.1) is 11.4 Å². The maximum absolute atomic E-state index is 13.5. The standard InChI is InChI=1S/C13H20FN3O3S/c1-8-10(14)5-9(15)6-11(8)21(19,20)16-7-12(18)17-13(2,3)4/h5-6,16H,7,15H2,1-4H3,(H,17,18). The molecule has 0 fully saturated rings. The van der Waals surface area contributed by atoms with Crippen molar-refractivity contribution in [3.8, 4) is 0 Å². The summed E-state index contributed by atoms with van der Waals surface area (Å²) in [6.07, 6.45) is 0. The lowest BCUT2D eigenvalue weighted by Gasteiger charge is -2.20. The molecule has 0 bridgehead atoms. The summed E-state index contributed by atoms with van der Waals surface area (Å²) < 4.78 is 39.9. The first-order chi connectivity index (χ1) is 9.42. The fraction of sp³-hybridized carbons (Fsp3) is 0.462. The maximum Gasteiger partial charge on any atom is 0.241 e. The predicted octanol–water partition coefficient (Wildman–Crippen LogP) is 0.909. The molecule has 0 saturated heterocycles. The molecule has 118 valence electrons. The highest BCUT2D eigenvalue weighted by molar-refractivity contribution is 7.89. The molecule has 1 aromatic rings. The SMILES string of the molecule is Cc1c(F)cc(N)cc1S(=O)(=O)NCC(=O)NC(C)(C)C. The van der Waals surface area contributed by atoms with Crippen LogP contribution in [0.15, 0.2) is 17.0 Å². The molecule has 1 amide bonds. The maximum atomic E-state index is 13.5. The van der Waals surface area contributed by atoms with Crippen LogP contribution in [0.1, 0.15) is 26.3 Å². The van der Waals surface area contributed by atoms with Crippen molar-refractivity contribution < 1.29 is 17.6 Å². The van der Waals surface area contributed by atoms with Gasteiger partial charge in [-0.15, -0.1) is 0 Å². The number of benzene rings is 1. The van der Waals surface area contributed by atoms with Crippen molar-refractivity contribution in [1.29, 1.82) is 0 Å². The van der Waals surface area contributed by atoms with E-state index in [0.717, 1.165) is 12.1 Å². The molecule has 0 heterocycles. The zero-order valence-electron chi connectivity index (χ0n) is 12.5. The summed E-state index contributed by atoms with van der Waals surface area (Å²) in [4.78, 5) is 11.3. The Balaban J connectivity index is 2.91. The molecule has 0 spiro atoms. The largest absolute Gasteiger partial charge is 0.399 e. The summed E-state index contributed by atoms with van der Waals surface area (Å²) in [5, 5.41) is 2.62. The van der Waals surface area contributed by atoms with Crippen LogP contribution in [0, 0.1) is 12.7 Å². The van der Waals surface area contributed by atoms with Crippen LogP contribution in [0.5, 0.6) is 0 Å². The van der Waals surface area contributed by atoms with Crippen molar-refractivity contribution in [2.24, 2.45) is 0 Å². The number of nitrogen functional groups attached to an aromatic ring is 1. The van der Waals surface area contributed by atoms with Crippen LogP contribution in [-0.4, -0.2) is 26.4 Å². The van der Waals surface area contributed by atoms with Gasteiger partial charge in [-0.1, -0.05) is 0 Å². The highest BCUT2D eigenvalue weighted by Gasteiger charge is 2.22. The normalized spacial score (nSPS) is 12.2. The first-order valence-corrected chi connectivity index (χ1v) is 7.77. The number of hydrogen-bond acceptors (Lipinski definition) is 4. The average molecular weight is 317 g/mol. The molecule has 6 nitrogen and oxygen atoms in total. The van der Waals surface area contributed by atoms with Crippen LogP contribution in [-0.2, 0) is 14.8 Å². The zero-order chi connectivity index (χ0) is 16.4. The van der Waals surface area contributed by atoms with Crippen LogP contribution in [0.3, 0.4) is 0 Å². The van der Waals surface area contributed by atoms with E-state index in [9.17, 15) is 17.6 Å². The summed E-state index contributed by atoms with van der Waals surface area (Å²) >= 11 is 0. The van der Waals surface area contributed by atoms with Gasteiger partial charge in [0, 0.05) is 16.8 Å². The number of hydrogen-bond donors (Lipinski definition) is 3. The highest BCUT2D eigenvalue weighted by atomic mass is 32.2. The second kappa shape index (κ2) is 5.98. The minimum Gasteiger partial charge on any atom is -0.399 e. The van der Waals surface area contributed by atoms with E-state index in [1.165, 1.54) is 6.92 Å². The second-order valence-electron chi connectivity index (χ2n) is 5.75. The van der Waals surface area contributed by atoms with Crippen LogP contribution < -0.4 is 15.8 Å². The van der Waals surface area contributed by atoms with Crippen molar-refractivity contribution in [3.63, 3.8) is 0 Å². The molecule has 21 heavy (non-hydrogen) atoms. The second-order valence-corrected chi connectivity index (χ2v) is 7.48. The van der Waals surface area contributed by atoms with Crippen molar-refractivity contribution in [3.05, 3.63) is 23.5 Å². The van der Waals surface area contributed by atoms with Crippen molar-refractivity contribution >= 4 is 21.6 Å². The molecule has 4 N–H and O–H groups in total. The molecule has 1 aromatic carbocycles. The van der Waals surface area contributed by atoms with Gasteiger partial charge in [0.1, 0.15) is 5.82 Å². The quantitative estimate of drug-likeness (QED) is 0.718. The molecule has 0 aliphatic heterocycles. The monoisotopic (exact) mass is 317 g/mol. The third-order valence-electron chi connectivity index (χ3n) is 2.55. The number of anilines is 1. The van der Waals surface area contributed by atoms with E-state index in [1.54, 1.807) is 20.8 Å². The van der Waals surface area contributed by atoms with E-state index >= 15 is 0 Å². The molecule has 0 saturated carbocycles. The number of nitrogens with one attached hydrogen (secondary N) is 2. The average Bonchev–Trinajstić information content (AvgIpc) is 2.29. The number of carbonyl (C=O) groups is 1. The van der Waals surface area contributed by atoms with Gasteiger partial charge in [0.2, 0.25) is 15.9 Å². The zero-order valence-corrected chi connectivity index (χ0v) is 13.3. The van der Waals surface area contributed by atoms with Gasteiger partial charge >= 0.3 is 0 Å². The Bertz CT molecular complexity index is 651. The van der Waals surface area contributed by atoms with Gasteiger partial charge in [-0.25, -0.2) is 17.5 Å². The van der Waals surface area contributed by atoms with Gasteiger partial charge in [0.25, 0.3) is 0 Å². The third kappa shape index (κ3) is 4.98. The van der Waals surface area contributed by atoms with Gasteiger partial charge in [-0.2, -0.15) is 0 Å². The fourth-order valence-corrected chi connectivity index (χ4v) is 2.92. The van der Waals surface area contributed by atoms with Gasteiger partial charge in [0.15, 0.2) is 0 Å². The van der Waals surface area contributed by atoms with Crippen LogP contribution in [0.4, 0.5) is 10.1 Å². The topological polar surface area (TPSA) is 101 Å². The molecular weight excluding hydrogens is 297 g/mol. The van der Waals surface area contributed by atoms with E-state index in [4.69, 9.17) is 5.73 Å². The third-order valence-corrected chi connectivity index (χ3v) is 4.07. The lowest BCUT2D eigenvalue weighted by molar-refractivity contribution is -0.121. The summed E-state index contributed by atoms with van der Waals surface area (Å²) in [6, 6.07) is 2.20. The van der Waals surface area contributed by atoms with Crippen LogP contribution >= 0.6 is 0 Å². The van der Waals surface area contributed by atoms with E-state index in [-0.39, 0.29) is 16.1 Å². The first kappa shape index (κ1) is 17.4. The predicted molar refractivity (Wildman–Crippen MR) is 78.6 cm³/mol. The number of nitrogens with two attached hydrogens (primary N) is 1. The summed E-state index contributed by atoms with van der Waals surface area (Å²) in [5.41, 5.74) is 4.93. The van der Waals surface area contributed by atoms with Crippen LogP contribution in [0.2, 0.25) is 0 Å². The summed E-state index contributed by atoms with van der Waals surface area (Å²) in [5.74, 6) is -1.19. The molecular formula is C13H20FN3O3S. The minimum atomic E-state index is -4.02. The van der Waals surface area contributed by atoms with Gasteiger partial charge < -0.3 is 11.1 Å². The van der Waals surface area contributed by atoms with E-state index in [2.05, 4.69) is 10.0 Å². The molecule has 0 radical (unpaired) electrons. The highest BCUT2D eigenvalue weighted by Crippen LogP contribution is 2.21. The summed E-state index contributed by atoms with van der Waals surface area (Å²) in [7, 11) is -4.02. The first-order valence-electron chi connectivity index (χ1n) is 6.29. The molecule has 0 atom stereocenters. The molecule has 0 unspecified atom stereocenters. The number of amides is 1. The molecule has 1 rings (SSSR count). The Morgan fingerprint density at radius 1 is 1.33 bits per heavy atom. The van der Waals surface area contributed by atoms with Crippen LogP contribution in [0.25, 0.3) is 0 Å². The molecule has 0 aromatic heterocycles. The van der Waals surface area contributed by atoms with E-state index in [1.807, 2.05) is 0 Å². The minimum absolute atomic E-state index is 0.00221. The Hall–Kier alpha value is -1.67. The molecule has 0 aliphatic carbocycles.